The summed E-state index contributed by atoms with van der Waals surface area (Å²) >= 11 is 0. The number of esters is 1. The van der Waals surface area contributed by atoms with E-state index in [2.05, 4.69) is 5.32 Å². The molecule has 1 saturated heterocycles. The third kappa shape index (κ3) is 5.06. The Balaban J connectivity index is 1.66. The SMILES string of the molecule is COC(=O)c1ccccc1S(=O)(=O)N1CCCC(C(=O)NCCc2ccccc2)C1. The summed E-state index contributed by atoms with van der Waals surface area (Å²) in [5.74, 6) is -1.27. The Morgan fingerprint density at radius 2 is 1.80 bits per heavy atom. The summed E-state index contributed by atoms with van der Waals surface area (Å²) in [6.07, 6.45) is 1.92. The van der Waals surface area contributed by atoms with Gasteiger partial charge in [-0.15, -0.1) is 0 Å². The van der Waals surface area contributed by atoms with Gasteiger partial charge in [-0.2, -0.15) is 4.31 Å². The molecule has 0 spiro atoms. The summed E-state index contributed by atoms with van der Waals surface area (Å²) in [6.45, 7) is 0.901. The van der Waals surface area contributed by atoms with Crippen molar-refractivity contribution in [1.29, 1.82) is 0 Å². The summed E-state index contributed by atoms with van der Waals surface area (Å²) in [7, 11) is -2.71. The molecule has 0 aromatic heterocycles. The van der Waals surface area contributed by atoms with Gasteiger partial charge in [0.25, 0.3) is 0 Å². The number of amides is 1. The molecule has 0 bridgehead atoms. The molecule has 160 valence electrons. The van der Waals surface area contributed by atoms with Gasteiger partial charge in [-0.3, -0.25) is 4.79 Å². The molecule has 1 unspecified atom stereocenters. The smallest absolute Gasteiger partial charge is 0.339 e. The summed E-state index contributed by atoms with van der Waals surface area (Å²) in [5, 5.41) is 2.92. The highest BCUT2D eigenvalue weighted by Crippen LogP contribution is 2.26. The first-order valence-electron chi connectivity index (χ1n) is 9.92. The number of carbonyl (C=O) groups excluding carboxylic acids is 2. The Hall–Kier alpha value is -2.71. The van der Waals surface area contributed by atoms with Gasteiger partial charge in [0, 0.05) is 19.6 Å². The number of carbonyl (C=O) groups is 2. The van der Waals surface area contributed by atoms with Crippen LogP contribution in [0.5, 0.6) is 0 Å². The lowest BCUT2D eigenvalue weighted by Crippen LogP contribution is -2.45. The van der Waals surface area contributed by atoms with Crippen molar-refractivity contribution in [1.82, 2.24) is 9.62 Å². The molecule has 0 aliphatic carbocycles. The maximum Gasteiger partial charge on any atom is 0.339 e. The monoisotopic (exact) mass is 430 g/mol. The molecule has 1 aliphatic heterocycles. The number of hydrogen-bond acceptors (Lipinski definition) is 5. The quantitative estimate of drug-likeness (QED) is 0.680. The first kappa shape index (κ1) is 22.0. The number of hydrogen-bond donors (Lipinski definition) is 1. The zero-order chi connectivity index (χ0) is 21.6. The number of benzene rings is 2. The molecule has 1 atom stereocenters. The van der Waals surface area contributed by atoms with Crippen LogP contribution in [-0.2, 0) is 26.0 Å². The lowest BCUT2D eigenvalue weighted by atomic mass is 9.99. The van der Waals surface area contributed by atoms with Crippen molar-refractivity contribution in [2.45, 2.75) is 24.2 Å². The number of ether oxygens (including phenoxy) is 1. The van der Waals surface area contributed by atoms with Gasteiger partial charge in [0.05, 0.1) is 23.5 Å². The van der Waals surface area contributed by atoms with Gasteiger partial charge in [-0.05, 0) is 37.0 Å². The van der Waals surface area contributed by atoms with Crippen LogP contribution >= 0.6 is 0 Å². The maximum atomic E-state index is 13.2. The second-order valence-corrected chi connectivity index (χ2v) is 9.12. The van der Waals surface area contributed by atoms with E-state index in [9.17, 15) is 18.0 Å². The molecule has 0 radical (unpaired) electrons. The van der Waals surface area contributed by atoms with Crippen molar-refractivity contribution in [2.24, 2.45) is 5.92 Å². The topological polar surface area (TPSA) is 92.8 Å². The number of sulfonamides is 1. The average Bonchev–Trinajstić information content (AvgIpc) is 2.79. The van der Waals surface area contributed by atoms with Gasteiger partial charge in [0.1, 0.15) is 0 Å². The van der Waals surface area contributed by atoms with Crippen LogP contribution in [0.4, 0.5) is 0 Å². The first-order valence-corrected chi connectivity index (χ1v) is 11.4. The number of nitrogens with one attached hydrogen (secondary N) is 1. The van der Waals surface area contributed by atoms with Crippen molar-refractivity contribution in [2.75, 3.05) is 26.7 Å². The van der Waals surface area contributed by atoms with Crippen LogP contribution in [0.2, 0.25) is 0 Å². The Morgan fingerprint density at radius 1 is 1.10 bits per heavy atom. The van der Waals surface area contributed by atoms with Gasteiger partial charge in [-0.1, -0.05) is 42.5 Å². The van der Waals surface area contributed by atoms with Crippen LogP contribution in [0.25, 0.3) is 0 Å². The second kappa shape index (κ2) is 9.86. The van der Waals surface area contributed by atoms with Crippen LogP contribution in [0.1, 0.15) is 28.8 Å². The zero-order valence-electron chi connectivity index (χ0n) is 16.9. The van der Waals surface area contributed by atoms with E-state index in [-0.39, 0.29) is 22.9 Å². The van der Waals surface area contributed by atoms with E-state index in [1.165, 1.54) is 23.5 Å². The lowest BCUT2D eigenvalue weighted by Gasteiger charge is -2.31. The molecule has 2 aromatic carbocycles. The summed E-state index contributed by atoms with van der Waals surface area (Å²) in [4.78, 5) is 24.5. The van der Waals surface area contributed by atoms with Gasteiger partial charge in [0.15, 0.2) is 0 Å². The van der Waals surface area contributed by atoms with Crippen molar-refractivity contribution >= 4 is 21.9 Å². The van der Waals surface area contributed by atoms with Crippen LogP contribution in [0, 0.1) is 5.92 Å². The maximum absolute atomic E-state index is 13.2. The van der Waals surface area contributed by atoms with Crippen molar-refractivity contribution < 1.29 is 22.7 Å². The molecule has 1 fully saturated rings. The fourth-order valence-electron chi connectivity index (χ4n) is 3.60. The predicted octanol–water partition coefficient (Wildman–Crippen LogP) is 2.23. The van der Waals surface area contributed by atoms with E-state index >= 15 is 0 Å². The van der Waals surface area contributed by atoms with E-state index in [1.807, 2.05) is 30.3 Å². The lowest BCUT2D eigenvalue weighted by molar-refractivity contribution is -0.126. The molecule has 8 heteroatoms. The molecule has 7 nitrogen and oxygen atoms in total. The largest absolute Gasteiger partial charge is 0.465 e. The third-order valence-corrected chi connectivity index (χ3v) is 7.14. The average molecular weight is 431 g/mol. The van der Waals surface area contributed by atoms with E-state index in [4.69, 9.17) is 4.74 Å². The normalized spacial score (nSPS) is 17.3. The minimum atomic E-state index is -3.93. The molecule has 3 rings (SSSR count). The minimum absolute atomic E-state index is 0.00515. The van der Waals surface area contributed by atoms with Crippen LogP contribution in [-0.4, -0.2) is 51.3 Å². The van der Waals surface area contributed by atoms with E-state index in [0.29, 0.717) is 32.4 Å². The molecule has 1 N–H and O–H groups in total. The standard InChI is InChI=1S/C22H26N2O5S/c1-29-22(26)19-11-5-6-12-20(19)30(27,28)24-15-7-10-18(16-24)21(25)23-14-13-17-8-3-2-4-9-17/h2-6,8-9,11-12,18H,7,10,13-16H2,1H3,(H,23,25). The third-order valence-electron chi connectivity index (χ3n) is 5.22. The Labute approximate surface area is 177 Å². The molecule has 0 saturated carbocycles. The van der Waals surface area contributed by atoms with Crippen molar-refractivity contribution in [3.05, 3.63) is 65.7 Å². The van der Waals surface area contributed by atoms with E-state index in [0.717, 1.165) is 5.56 Å². The summed E-state index contributed by atoms with van der Waals surface area (Å²) in [5.41, 5.74) is 1.12. The fraction of sp³-hybridized carbons (Fsp3) is 0.364. The van der Waals surface area contributed by atoms with E-state index < -0.39 is 21.9 Å². The van der Waals surface area contributed by atoms with Crippen molar-refractivity contribution in [3.8, 4) is 0 Å². The number of piperidine rings is 1. The minimum Gasteiger partial charge on any atom is -0.465 e. The number of rotatable bonds is 7. The second-order valence-electron chi connectivity index (χ2n) is 7.22. The summed E-state index contributed by atoms with van der Waals surface area (Å²) in [6, 6.07) is 15.8. The molecular weight excluding hydrogens is 404 g/mol. The van der Waals surface area contributed by atoms with Gasteiger partial charge < -0.3 is 10.1 Å². The molecule has 1 amide bonds. The first-order chi connectivity index (χ1) is 14.4. The Morgan fingerprint density at radius 3 is 2.53 bits per heavy atom. The van der Waals surface area contributed by atoms with Gasteiger partial charge in [-0.25, -0.2) is 13.2 Å². The Kier molecular flexibility index (Phi) is 7.23. The Bertz CT molecular complexity index is 992. The van der Waals surface area contributed by atoms with Crippen LogP contribution in [0.3, 0.4) is 0 Å². The molecule has 30 heavy (non-hydrogen) atoms. The van der Waals surface area contributed by atoms with Crippen molar-refractivity contribution in [3.63, 3.8) is 0 Å². The molecule has 2 aromatic rings. The van der Waals surface area contributed by atoms with Gasteiger partial charge >= 0.3 is 5.97 Å². The highest BCUT2D eigenvalue weighted by Gasteiger charge is 2.35. The van der Waals surface area contributed by atoms with Crippen LogP contribution < -0.4 is 5.32 Å². The zero-order valence-corrected chi connectivity index (χ0v) is 17.7. The highest BCUT2D eigenvalue weighted by molar-refractivity contribution is 7.89. The molecule has 1 heterocycles. The van der Waals surface area contributed by atoms with E-state index in [1.54, 1.807) is 12.1 Å². The highest BCUT2D eigenvalue weighted by atomic mass is 32.2. The predicted molar refractivity (Wildman–Crippen MR) is 112 cm³/mol. The van der Waals surface area contributed by atoms with Gasteiger partial charge in [0.2, 0.25) is 15.9 Å². The molecule has 1 aliphatic rings. The van der Waals surface area contributed by atoms with Crippen LogP contribution in [0.15, 0.2) is 59.5 Å². The summed E-state index contributed by atoms with van der Waals surface area (Å²) < 4.78 is 32.4. The number of methoxy groups -OCH3 is 1. The number of nitrogens with zero attached hydrogens (tertiary/aromatic N) is 1. The fourth-order valence-corrected chi connectivity index (χ4v) is 5.31. The molecular formula is C22H26N2O5S.